The first-order chi connectivity index (χ1) is 13.9. The van der Waals surface area contributed by atoms with Crippen LogP contribution in [0.25, 0.3) is 0 Å². The highest BCUT2D eigenvalue weighted by molar-refractivity contribution is 5.84. The second-order valence-corrected chi connectivity index (χ2v) is 7.73. The molecule has 2 atom stereocenters. The molecule has 2 amide bonds. The van der Waals surface area contributed by atoms with Gasteiger partial charge >= 0.3 is 0 Å². The standard InChI is InChI=1S/C23H27FN2O3/c1-15(2)23(28)26-13-20(17-6-10-19(29-3)11-7-17)21(14-26)22(27)25-12-16-4-8-18(24)9-5-16/h4-11,15,20-21H,12-14H2,1-3H3,(H,25,27)/t20-,21+/m0/s1. The Kier molecular flexibility index (Phi) is 6.52. The van der Waals surface area contributed by atoms with Gasteiger partial charge in [-0.2, -0.15) is 0 Å². The van der Waals surface area contributed by atoms with Crippen LogP contribution in [-0.2, 0) is 16.1 Å². The molecular weight excluding hydrogens is 371 g/mol. The topological polar surface area (TPSA) is 58.6 Å². The van der Waals surface area contributed by atoms with Gasteiger partial charge < -0.3 is 15.0 Å². The van der Waals surface area contributed by atoms with Crippen LogP contribution in [0.5, 0.6) is 5.75 Å². The maximum Gasteiger partial charge on any atom is 0.225 e. The van der Waals surface area contributed by atoms with Crippen LogP contribution >= 0.6 is 0 Å². The maximum absolute atomic E-state index is 13.1. The van der Waals surface area contributed by atoms with Gasteiger partial charge in [0.05, 0.1) is 13.0 Å². The van der Waals surface area contributed by atoms with Gasteiger partial charge in [-0.15, -0.1) is 0 Å². The number of nitrogens with zero attached hydrogens (tertiary/aromatic N) is 1. The lowest BCUT2D eigenvalue weighted by molar-refractivity contribution is -0.133. The van der Waals surface area contributed by atoms with Gasteiger partial charge in [-0.3, -0.25) is 9.59 Å². The van der Waals surface area contributed by atoms with Crippen LogP contribution in [0.15, 0.2) is 48.5 Å². The molecule has 1 aliphatic heterocycles. The smallest absolute Gasteiger partial charge is 0.225 e. The highest BCUT2D eigenvalue weighted by Gasteiger charge is 2.40. The molecule has 2 aromatic rings. The summed E-state index contributed by atoms with van der Waals surface area (Å²) in [5.74, 6) is -0.153. The van der Waals surface area contributed by atoms with E-state index in [2.05, 4.69) is 5.32 Å². The lowest BCUT2D eigenvalue weighted by Crippen LogP contribution is -2.36. The molecule has 1 saturated heterocycles. The molecule has 2 aromatic carbocycles. The number of ether oxygens (including phenoxy) is 1. The molecule has 154 valence electrons. The Morgan fingerprint density at radius 1 is 1.10 bits per heavy atom. The van der Waals surface area contributed by atoms with E-state index >= 15 is 0 Å². The summed E-state index contributed by atoms with van der Waals surface area (Å²) in [6, 6.07) is 13.7. The lowest BCUT2D eigenvalue weighted by atomic mass is 9.88. The number of likely N-dealkylation sites (tertiary alicyclic amines) is 1. The molecule has 1 N–H and O–H groups in total. The Hall–Kier alpha value is -2.89. The third-order valence-electron chi connectivity index (χ3n) is 5.39. The van der Waals surface area contributed by atoms with E-state index in [-0.39, 0.29) is 35.4 Å². The van der Waals surface area contributed by atoms with E-state index in [9.17, 15) is 14.0 Å². The van der Waals surface area contributed by atoms with Crippen LogP contribution < -0.4 is 10.1 Å². The van der Waals surface area contributed by atoms with Crippen LogP contribution in [0.2, 0.25) is 0 Å². The van der Waals surface area contributed by atoms with Crippen molar-refractivity contribution in [2.75, 3.05) is 20.2 Å². The van der Waals surface area contributed by atoms with Crippen molar-refractivity contribution in [2.45, 2.75) is 26.3 Å². The van der Waals surface area contributed by atoms with E-state index in [0.717, 1.165) is 16.9 Å². The third kappa shape index (κ3) is 4.94. The average Bonchev–Trinajstić information content (AvgIpc) is 3.18. The van der Waals surface area contributed by atoms with Gasteiger partial charge in [0.25, 0.3) is 0 Å². The van der Waals surface area contributed by atoms with Gasteiger partial charge in [-0.05, 0) is 35.4 Å². The molecule has 1 fully saturated rings. The summed E-state index contributed by atoms with van der Waals surface area (Å²) in [5.41, 5.74) is 1.83. The van der Waals surface area contributed by atoms with Gasteiger partial charge in [-0.1, -0.05) is 38.1 Å². The minimum absolute atomic E-state index is 0.0531. The minimum Gasteiger partial charge on any atom is -0.497 e. The van der Waals surface area contributed by atoms with Crippen molar-refractivity contribution in [3.8, 4) is 5.75 Å². The molecule has 1 heterocycles. The highest BCUT2D eigenvalue weighted by atomic mass is 19.1. The molecule has 29 heavy (non-hydrogen) atoms. The predicted molar refractivity (Wildman–Crippen MR) is 109 cm³/mol. The number of amides is 2. The number of halogens is 1. The van der Waals surface area contributed by atoms with Gasteiger partial charge in [0, 0.05) is 31.5 Å². The van der Waals surface area contributed by atoms with E-state index in [1.165, 1.54) is 12.1 Å². The van der Waals surface area contributed by atoms with Crippen LogP contribution in [-0.4, -0.2) is 36.9 Å². The molecule has 0 spiro atoms. The zero-order chi connectivity index (χ0) is 21.0. The van der Waals surface area contributed by atoms with Crippen LogP contribution in [0.1, 0.15) is 30.9 Å². The maximum atomic E-state index is 13.1. The number of hydrogen-bond donors (Lipinski definition) is 1. The van der Waals surface area contributed by atoms with E-state index in [0.29, 0.717) is 19.6 Å². The molecule has 5 nitrogen and oxygen atoms in total. The summed E-state index contributed by atoms with van der Waals surface area (Å²) in [4.78, 5) is 27.3. The molecular formula is C23H27FN2O3. The summed E-state index contributed by atoms with van der Waals surface area (Å²) >= 11 is 0. The second kappa shape index (κ2) is 9.07. The van der Waals surface area contributed by atoms with Gasteiger partial charge in [0.15, 0.2) is 0 Å². The Morgan fingerprint density at radius 2 is 1.76 bits per heavy atom. The number of benzene rings is 2. The van der Waals surface area contributed by atoms with Crippen LogP contribution in [0.4, 0.5) is 4.39 Å². The number of carbonyl (C=O) groups is 2. The normalized spacial score (nSPS) is 18.7. The summed E-state index contributed by atoms with van der Waals surface area (Å²) in [7, 11) is 1.61. The molecule has 0 bridgehead atoms. The fourth-order valence-electron chi connectivity index (χ4n) is 3.73. The fourth-order valence-corrected chi connectivity index (χ4v) is 3.73. The Morgan fingerprint density at radius 3 is 2.34 bits per heavy atom. The molecule has 3 rings (SSSR count). The monoisotopic (exact) mass is 398 g/mol. The Labute approximate surface area is 170 Å². The Balaban J connectivity index is 1.76. The fraction of sp³-hybridized carbons (Fsp3) is 0.391. The molecule has 0 aliphatic carbocycles. The highest BCUT2D eigenvalue weighted by Crippen LogP contribution is 2.34. The first kappa shape index (κ1) is 20.8. The van der Waals surface area contributed by atoms with Crippen molar-refractivity contribution < 1.29 is 18.7 Å². The molecule has 0 saturated carbocycles. The van der Waals surface area contributed by atoms with Crippen LogP contribution in [0, 0.1) is 17.7 Å². The van der Waals surface area contributed by atoms with Gasteiger partial charge in [-0.25, -0.2) is 4.39 Å². The number of nitrogens with one attached hydrogen (secondary N) is 1. The van der Waals surface area contributed by atoms with Crippen molar-refractivity contribution in [3.05, 3.63) is 65.5 Å². The van der Waals surface area contributed by atoms with E-state index in [4.69, 9.17) is 4.74 Å². The quantitative estimate of drug-likeness (QED) is 0.812. The largest absolute Gasteiger partial charge is 0.497 e. The van der Waals surface area contributed by atoms with Crippen LogP contribution in [0.3, 0.4) is 0 Å². The molecule has 0 radical (unpaired) electrons. The zero-order valence-electron chi connectivity index (χ0n) is 17.0. The zero-order valence-corrected chi connectivity index (χ0v) is 17.0. The van der Waals surface area contributed by atoms with Crippen molar-refractivity contribution in [2.24, 2.45) is 11.8 Å². The molecule has 6 heteroatoms. The summed E-state index contributed by atoms with van der Waals surface area (Å²) in [6.45, 7) is 4.96. The Bertz CT molecular complexity index is 849. The van der Waals surface area contributed by atoms with E-state index < -0.39 is 0 Å². The first-order valence-corrected chi connectivity index (χ1v) is 9.84. The minimum atomic E-state index is -0.341. The molecule has 0 unspecified atom stereocenters. The van der Waals surface area contributed by atoms with Gasteiger partial charge in [0.1, 0.15) is 11.6 Å². The SMILES string of the molecule is COc1ccc([C@@H]2CN(C(=O)C(C)C)C[C@H]2C(=O)NCc2ccc(F)cc2)cc1. The molecule has 1 aliphatic rings. The average molecular weight is 398 g/mol. The lowest BCUT2D eigenvalue weighted by Gasteiger charge is -2.18. The van der Waals surface area contributed by atoms with Gasteiger partial charge in [0.2, 0.25) is 11.8 Å². The molecule has 0 aromatic heterocycles. The number of carbonyl (C=O) groups excluding carboxylic acids is 2. The third-order valence-corrected chi connectivity index (χ3v) is 5.39. The number of methoxy groups -OCH3 is 1. The summed E-state index contributed by atoms with van der Waals surface area (Å²) < 4.78 is 18.3. The summed E-state index contributed by atoms with van der Waals surface area (Å²) in [6.07, 6.45) is 0. The first-order valence-electron chi connectivity index (χ1n) is 9.84. The summed E-state index contributed by atoms with van der Waals surface area (Å²) in [5, 5.41) is 2.95. The number of rotatable bonds is 6. The van der Waals surface area contributed by atoms with E-state index in [1.807, 2.05) is 38.1 Å². The van der Waals surface area contributed by atoms with Crippen molar-refractivity contribution in [1.29, 1.82) is 0 Å². The van der Waals surface area contributed by atoms with Crippen molar-refractivity contribution in [1.82, 2.24) is 10.2 Å². The van der Waals surface area contributed by atoms with E-state index in [1.54, 1.807) is 24.1 Å². The predicted octanol–water partition coefficient (Wildman–Crippen LogP) is 3.35. The van der Waals surface area contributed by atoms with Crippen molar-refractivity contribution in [3.63, 3.8) is 0 Å². The van der Waals surface area contributed by atoms with Crippen molar-refractivity contribution >= 4 is 11.8 Å². The number of hydrogen-bond acceptors (Lipinski definition) is 3. The second-order valence-electron chi connectivity index (χ2n) is 7.73.